The maximum atomic E-state index is 10.7. The Morgan fingerprint density at radius 1 is 1.05 bits per heavy atom. The van der Waals surface area contributed by atoms with Crippen LogP contribution in [0.5, 0.6) is 0 Å². The zero-order valence-electron chi connectivity index (χ0n) is 11.8. The van der Waals surface area contributed by atoms with E-state index < -0.39 is 4.92 Å². The fourth-order valence-corrected chi connectivity index (χ4v) is 2.89. The molecule has 108 valence electrons. The van der Waals surface area contributed by atoms with E-state index in [1.54, 1.807) is 12.1 Å². The Morgan fingerprint density at radius 2 is 1.82 bits per heavy atom. The largest absolute Gasteiger partial charge is 0.269 e. The number of hydrogen-bond acceptors (Lipinski definition) is 3. The molecule has 1 aromatic heterocycles. The summed E-state index contributed by atoms with van der Waals surface area (Å²) in [4.78, 5) is 10.3. The van der Waals surface area contributed by atoms with Gasteiger partial charge in [-0.15, -0.1) is 0 Å². The SMILES string of the molecule is O=[N+]([O-])c1ccc(-c2cc3n(n2)-c2ccccc2CC3)cc1. The molecule has 4 rings (SSSR count). The third-order valence-electron chi connectivity index (χ3n) is 4.03. The van der Waals surface area contributed by atoms with E-state index in [9.17, 15) is 10.1 Å². The van der Waals surface area contributed by atoms with Crippen LogP contribution in [0.3, 0.4) is 0 Å². The van der Waals surface area contributed by atoms with Gasteiger partial charge in [0.25, 0.3) is 5.69 Å². The minimum atomic E-state index is -0.391. The first-order valence-electron chi connectivity index (χ1n) is 7.14. The molecule has 0 fully saturated rings. The van der Waals surface area contributed by atoms with Crippen LogP contribution in [0.25, 0.3) is 16.9 Å². The summed E-state index contributed by atoms with van der Waals surface area (Å²) in [5.74, 6) is 0. The lowest BCUT2D eigenvalue weighted by Gasteiger charge is -2.17. The first-order chi connectivity index (χ1) is 10.7. The number of aryl methyl sites for hydroxylation is 2. The standard InChI is InChI=1S/C17H13N3O2/c21-20(22)14-8-5-12(6-9-14)16-11-15-10-7-13-3-1-2-4-17(13)19(15)18-16/h1-6,8-9,11H,7,10H2. The molecule has 0 aliphatic carbocycles. The Bertz CT molecular complexity index is 866. The summed E-state index contributed by atoms with van der Waals surface area (Å²) < 4.78 is 1.98. The molecule has 0 N–H and O–H groups in total. The number of rotatable bonds is 2. The molecular weight excluding hydrogens is 278 g/mol. The molecule has 22 heavy (non-hydrogen) atoms. The lowest BCUT2D eigenvalue weighted by Crippen LogP contribution is -2.12. The van der Waals surface area contributed by atoms with Crippen molar-refractivity contribution >= 4 is 5.69 Å². The third kappa shape index (κ3) is 1.98. The van der Waals surface area contributed by atoms with Crippen LogP contribution in [0.2, 0.25) is 0 Å². The Morgan fingerprint density at radius 3 is 2.59 bits per heavy atom. The van der Waals surface area contributed by atoms with Gasteiger partial charge >= 0.3 is 0 Å². The van der Waals surface area contributed by atoms with E-state index in [0.29, 0.717) is 0 Å². The van der Waals surface area contributed by atoms with Crippen molar-refractivity contribution in [2.24, 2.45) is 0 Å². The van der Waals surface area contributed by atoms with Crippen molar-refractivity contribution in [3.8, 4) is 16.9 Å². The second-order valence-corrected chi connectivity index (χ2v) is 5.37. The van der Waals surface area contributed by atoms with Crippen LogP contribution in [0.15, 0.2) is 54.6 Å². The number of benzene rings is 2. The van der Waals surface area contributed by atoms with Gasteiger partial charge in [0.2, 0.25) is 0 Å². The van der Waals surface area contributed by atoms with E-state index in [0.717, 1.165) is 29.8 Å². The van der Waals surface area contributed by atoms with Crippen LogP contribution in [0.1, 0.15) is 11.3 Å². The predicted octanol–water partition coefficient (Wildman–Crippen LogP) is 3.55. The molecule has 3 aromatic rings. The number of nitrogens with zero attached hydrogens (tertiary/aromatic N) is 3. The Hall–Kier alpha value is -2.95. The number of para-hydroxylation sites is 1. The fourth-order valence-electron chi connectivity index (χ4n) is 2.89. The third-order valence-corrected chi connectivity index (χ3v) is 4.03. The van der Waals surface area contributed by atoms with Crippen molar-refractivity contribution in [2.45, 2.75) is 12.8 Å². The Labute approximate surface area is 127 Å². The van der Waals surface area contributed by atoms with E-state index in [1.807, 2.05) is 16.8 Å². The normalized spacial score (nSPS) is 12.5. The molecule has 1 aliphatic rings. The molecule has 1 aliphatic heterocycles. The molecule has 0 saturated heterocycles. The van der Waals surface area contributed by atoms with Crippen LogP contribution in [-0.2, 0) is 12.8 Å². The summed E-state index contributed by atoms with van der Waals surface area (Å²) in [7, 11) is 0. The molecule has 0 spiro atoms. The van der Waals surface area contributed by atoms with E-state index in [4.69, 9.17) is 0 Å². The topological polar surface area (TPSA) is 61.0 Å². The number of nitro benzene ring substituents is 1. The predicted molar refractivity (Wildman–Crippen MR) is 83.1 cm³/mol. The van der Waals surface area contributed by atoms with Crippen molar-refractivity contribution in [3.63, 3.8) is 0 Å². The number of aromatic nitrogens is 2. The van der Waals surface area contributed by atoms with Crippen LogP contribution in [-0.4, -0.2) is 14.7 Å². The smallest absolute Gasteiger partial charge is 0.258 e. The highest BCUT2D eigenvalue weighted by Crippen LogP contribution is 2.28. The lowest BCUT2D eigenvalue weighted by atomic mass is 10.0. The van der Waals surface area contributed by atoms with Crippen LogP contribution >= 0.6 is 0 Å². The molecule has 5 heteroatoms. The molecule has 0 saturated carbocycles. The van der Waals surface area contributed by atoms with Crippen molar-refractivity contribution in [1.29, 1.82) is 0 Å². The number of non-ortho nitro benzene ring substituents is 1. The van der Waals surface area contributed by atoms with Gasteiger partial charge in [-0.1, -0.05) is 18.2 Å². The van der Waals surface area contributed by atoms with Gasteiger partial charge in [0.1, 0.15) is 0 Å². The van der Waals surface area contributed by atoms with Gasteiger partial charge in [-0.05, 0) is 42.7 Å². The maximum absolute atomic E-state index is 10.7. The molecule has 0 radical (unpaired) electrons. The highest BCUT2D eigenvalue weighted by Gasteiger charge is 2.18. The first kappa shape index (κ1) is 12.8. The maximum Gasteiger partial charge on any atom is 0.269 e. The quantitative estimate of drug-likeness (QED) is 0.536. The van der Waals surface area contributed by atoms with Gasteiger partial charge in [0.15, 0.2) is 0 Å². The van der Waals surface area contributed by atoms with Crippen molar-refractivity contribution < 1.29 is 4.92 Å². The molecule has 0 amide bonds. The average molecular weight is 291 g/mol. The van der Waals surface area contributed by atoms with Crippen molar-refractivity contribution in [2.75, 3.05) is 0 Å². The lowest BCUT2D eigenvalue weighted by molar-refractivity contribution is -0.384. The van der Waals surface area contributed by atoms with Crippen molar-refractivity contribution in [3.05, 3.63) is 76.0 Å². The zero-order valence-corrected chi connectivity index (χ0v) is 11.8. The molecule has 0 unspecified atom stereocenters. The van der Waals surface area contributed by atoms with Gasteiger partial charge in [-0.25, -0.2) is 4.68 Å². The summed E-state index contributed by atoms with van der Waals surface area (Å²) >= 11 is 0. The highest BCUT2D eigenvalue weighted by molar-refractivity contribution is 5.62. The molecule has 2 aromatic carbocycles. The van der Waals surface area contributed by atoms with E-state index >= 15 is 0 Å². The first-order valence-corrected chi connectivity index (χ1v) is 7.14. The fraction of sp³-hybridized carbons (Fsp3) is 0.118. The summed E-state index contributed by atoms with van der Waals surface area (Å²) in [6, 6.07) is 16.9. The summed E-state index contributed by atoms with van der Waals surface area (Å²) in [6.45, 7) is 0. The van der Waals surface area contributed by atoms with Crippen LogP contribution < -0.4 is 0 Å². The van der Waals surface area contributed by atoms with Gasteiger partial charge in [-0.2, -0.15) is 5.10 Å². The van der Waals surface area contributed by atoms with E-state index in [-0.39, 0.29) is 5.69 Å². The number of nitro groups is 1. The second-order valence-electron chi connectivity index (χ2n) is 5.37. The van der Waals surface area contributed by atoms with Gasteiger partial charge in [0.05, 0.1) is 16.3 Å². The van der Waals surface area contributed by atoms with E-state index in [1.165, 1.54) is 23.4 Å². The minimum Gasteiger partial charge on any atom is -0.258 e. The molecule has 0 bridgehead atoms. The van der Waals surface area contributed by atoms with Crippen molar-refractivity contribution in [1.82, 2.24) is 9.78 Å². The summed E-state index contributed by atoms with van der Waals surface area (Å²) in [6.07, 6.45) is 1.97. The van der Waals surface area contributed by atoms with Crippen LogP contribution in [0, 0.1) is 10.1 Å². The molecule has 0 atom stereocenters. The van der Waals surface area contributed by atoms with E-state index in [2.05, 4.69) is 23.3 Å². The molecule has 2 heterocycles. The number of fused-ring (bicyclic) bond motifs is 3. The monoisotopic (exact) mass is 291 g/mol. The van der Waals surface area contributed by atoms with Gasteiger partial charge < -0.3 is 0 Å². The average Bonchev–Trinajstić information content (AvgIpc) is 2.99. The van der Waals surface area contributed by atoms with Crippen LogP contribution in [0.4, 0.5) is 5.69 Å². The van der Waals surface area contributed by atoms with Gasteiger partial charge in [0, 0.05) is 23.4 Å². The Kier molecular flexibility index (Phi) is 2.79. The summed E-state index contributed by atoms with van der Waals surface area (Å²) in [5, 5.41) is 15.4. The Balaban J connectivity index is 1.77. The molecule has 5 nitrogen and oxygen atoms in total. The van der Waals surface area contributed by atoms with Gasteiger partial charge in [-0.3, -0.25) is 10.1 Å². The second kappa shape index (κ2) is 4.80. The molecular formula is C17H13N3O2. The number of hydrogen-bond donors (Lipinski definition) is 0. The summed E-state index contributed by atoms with van der Waals surface area (Å²) in [5.41, 5.74) is 5.43. The minimum absolute atomic E-state index is 0.0954. The highest BCUT2D eigenvalue weighted by atomic mass is 16.6. The zero-order chi connectivity index (χ0) is 15.1.